The van der Waals surface area contributed by atoms with Crippen LogP contribution >= 0.6 is 0 Å². The molecule has 0 fully saturated rings. The zero-order chi connectivity index (χ0) is 9.14. The first-order chi connectivity index (χ1) is 5.65. The minimum Gasteiger partial charge on any atom is -0.320 e. The van der Waals surface area contributed by atoms with Gasteiger partial charge in [-0.2, -0.15) is 0 Å². The fourth-order valence-corrected chi connectivity index (χ4v) is 0.771. The van der Waals surface area contributed by atoms with E-state index < -0.39 is 24.4 Å². The predicted molar refractivity (Wildman–Crippen MR) is 37.1 cm³/mol. The molecule has 0 unspecified atom stereocenters. The third-order valence-electron chi connectivity index (χ3n) is 1.35. The summed E-state index contributed by atoms with van der Waals surface area (Å²) >= 11 is 0. The molecular weight excluding hydrogens is 169 g/mol. The first-order valence-electron chi connectivity index (χ1n) is 3.27. The Hall–Kier alpha value is -1.10. The molecule has 0 aromatic carbocycles. The Morgan fingerprint density at radius 2 is 2.17 bits per heavy atom. The molecule has 0 saturated heterocycles. The van der Waals surface area contributed by atoms with Crippen LogP contribution in [0.25, 0.3) is 0 Å². The van der Waals surface area contributed by atoms with E-state index in [1.807, 2.05) is 0 Å². The summed E-state index contributed by atoms with van der Waals surface area (Å²) in [5.41, 5.74) is 4.89. The molecule has 2 N–H and O–H groups in total. The van der Waals surface area contributed by atoms with E-state index in [2.05, 4.69) is 4.98 Å². The van der Waals surface area contributed by atoms with Crippen molar-refractivity contribution in [1.29, 1.82) is 0 Å². The van der Waals surface area contributed by atoms with Gasteiger partial charge in [-0.05, 0) is 0 Å². The number of rotatable bonds is 2. The lowest BCUT2D eigenvalue weighted by Gasteiger charge is -2.06. The first-order valence-corrected chi connectivity index (χ1v) is 3.27. The van der Waals surface area contributed by atoms with Gasteiger partial charge >= 0.3 is 0 Å². The summed E-state index contributed by atoms with van der Waals surface area (Å²) in [4.78, 5) is 3.33. The highest BCUT2D eigenvalue weighted by atomic mass is 19.1. The van der Waals surface area contributed by atoms with Crippen LogP contribution in [0.15, 0.2) is 12.3 Å². The fourth-order valence-electron chi connectivity index (χ4n) is 0.771. The van der Waals surface area contributed by atoms with Crippen LogP contribution in [0.4, 0.5) is 13.2 Å². The molecule has 2 nitrogen and oxygen atoms in total. The molecule has 5 heteroatoms. The molecule has 0 amide bonds. The van der Waals surface area contributed by atoms with Crippen molar-refractivity contribution in [3.63, 3.8) is 0 Å². The van der Waals surface area contributed by atoms with Gasteiger partial charge in [0.25, 0.3) is 0 Å². The van der Waals surface area contributed by atoms with E-state index in [1.54, 1.807) is 0 Å². The van der Waals surface area contributed by atoms with E-state index in [0.717, 1.165) is 6.20 Å². The highest BCUT2D eigenvalue weighted by Gasteiger charge is 2.12. The van der Waals surface area contributed by atoms with E-state index in [4.69, 9.17) is 5.73 Å². The molecule has 0 aliphatic carbocycles. The quantitative estimate of drug-likeness (QED) is 0.738. The largest absolute Gasteiger partial charge is 0.320 e. The number of halogens is 3. The second kappa shape index (κ2) is 3.53. The maximum atomic E-state index is 12.7. The van der Waals surface area contributed by atoms with E-state index in [-0.39, 0.29) is 5.69 Å². The van der Waals surface area contributed by atoms with Crippen LogP contribution in [0, 0.1) is 11.6 Å². The molecule has 0 bridgehead atoms. The minimum absolute atomic E-state index is 0.251. The van der Waals surface area contributed by atoms with Crippen molar-refractivity contribution < 1.29 is 13.2 Å². The van der Waals surface area contributed by atoms with E-state index in [9.17, 15) is 13.2 Å². The molecule has 0 radical (unpaired) electrons. The summed E-state index contributed by atoms with van der Waals surface area (Å²) in [6.45, 7) is -0.921. The maximum Gasteiger partial charge on any atom is 0.149 e. The molecule has 0 aliphatic rings. The Bertz CT molecular complexity index is 277. The fraction of sp³-hybridized carbons (Fsp3) is 0.286. The number of hydrogen-bond donors (Lipinski definition) is 1. The molecule has 0 aliphatic heterocycles. The molecule has 12 heavy (non-hydrogen) atoms. The van der Waals surface area contributed by atoms with Gasteiger partial charge < -0.3 is 5.73 Å². The van der Waals surface area contributed by atoms with Crippen LogP contribution in [0.2, 0.25) is 0 Å². The van der Waals surface area contributed by atoms with Crippen LogP contribution in [0.5, 0.6) is 0 Å². The number of hydrogen-bond acceptors (Lipinski definition) is 2. The highest BCUT2D eigenvalue weighted by Crippen LogP contribution is 2.12. The van der Waals surface area contributed by atoms with Gasteiger partial charge in [0.05, 0.1) is 17.9 Å². The van der Waals surface area contributed by atoms with Gasteiger partial charge in [-0.25, -0.2) is 13.2 Å². The predicted octanol–water partition coefficient (Wildman–Crippen LogP) is 1.33. The summed E-state index contributed by atoms with van der Waals surface area (Å²) < 4.78 is 36.9. The second-order valence-corrected chi connectivity index (χ2v) is 2.28. The number of pyridine rings is 1. The van der Waals surface area contributed by atoms with Gasteiger partial charge in [-0.1, -0.05) is 0 Å². The average Bonchev–Trinajstić information content (AvgIpc) is 2.03. The number of alkyl halides is 1. The third kappa shape index (κ3) is 1.73. The Balaban J connectivity index is 3.01. The van der Waals surface area contributed by atoms with Gasteiger partial charge in [-0.15, -0.1) is 0 Å². The van der Waals surface area contributed by atoms with Gasteiger partial charge in [0.2, 0.25) is 0 Å². The molecule has 1 heterocycles. The van der Waals surface area contributed by atoms with Crippen LogP contribution in [0.3, 0.4) is 0 Å². The highest BCUT2D eigenvalue weighted by molar-refractivity contribution is 5.12. The topological polar surface area (TPSA) is 38.9 Å². The Labute approximate surface area is 67.2 Å². The van der Waals surface area contributed by atoms with Crippen LogP contribution < -0.4 is 5.73 Å². The Kier molecular flexibility index (Phi) is 2.65. The van der Waals surface area contributed by atoms with Crippen molar-refractivity contribution >= 4 is 0 Å². The molecule has 0 spiro atoms. The standard InChI is InChI=1S/C7H7F3N2/c8-2-6(11)7-5(10)1-4(9)3-12-7/h1,3,6H,2,11H2/t6-/m0/s1. The molecule has 1 rings (SSSR count). The Morgan fingerprint density at radius 1 is 1.50 bits per heavy atom. The van der Waals surface area contributed by atoms with Crippen molar-refractivity contribution in [3.05, 3.63) is 29.6 Å². The van der Waals surface area contributed by atoms with Gasteiger partial charge in [0.15, 0.2) is 0 Å². The van der Waals surface area contributed by atoms with Crippen molar-refractivity contribution in [2.45, 2.75) is 6.04 Å². The Morgan fingerprint density at radius 3 is 2.67 bits per heavy atom. The van der Waals surface area contributed by atoms with E-state index >= 15 is 0 Å². The normalized spacial score (nSPS) is 13.0. The minimum atomic E-state index is -1.12. The number of nitrogens with zero attached hydrogens (tertiary/aromatic N) is 1. The molecule has 0 saturated carbocycles. The SMILES string of the molecule is N[C@@H](CF)c1ncc(F)cc1F. The van der Waals surface area contributed by atoms with Gasteiger partial charge in [0.1, 0.15) is 18.3 Å². The van der Waals surface area contributed by atoms with Crippen LogP contribution in [-0.2, 0) is 0 Å². The van der Waals surface area contributed by atoms with E-state index in [1.165, 1.54) is 0 Å². The molecule has 66 valence electrons. The van der Waals surface area contributed by atoms with Crippen molar-refractivity contribution in [2.24, 2.45) is 5.73 Å². The lowest BCUT2D eigenvalue weighted by atomic mass is 10.2. The zero-order valence-corrected chi connectivity index (χ0v) is 6.10. The lowest BCUT2D eigenvalue weighted by Crippen LogP contribution is -2.16. The average molecular weight is 176 g/mol. The lowest BCUT2D eigenvalue weighted by molar-refractivity contribution is 0.417. The molecular formula is C7H7F3N2. The van der Waals surface area contributed by atoms with Gasteiger partial charge in [-0.3, -0.25) is 4.98 Å². The number of nitrogens with two attached hydrogens (primary N) is 1. The van der Waals surface area contributed by atoms with E-state index in [0.29, 0.717) is 6.07 Å². The summed E-state index contributed by atoms with van der Waals surface area (Å²) in [5, 5.41) is 0. The number of aromatic nitrogens is 1. The van der Waals surface area contributed by atoms with Crippen LogP contribution in [-0.4, -0.2) is 11.7 Å². The second-order valence-electron chi connectivity index (χ2n) is 2.28. The summed E-state index contributed by atoms with van der Waals surface area (Å²) in [7, 11) is 0. The third-order valence-corrected chi connectivity index (χ3v) is 1.35. The first kappa shape index (κ1) is 8.99. The summed E-state index contributed by atoms with van der Waals surface area (Å²) in [5.74, 6) is -1.72. The monoisotopic (exact) mass is 176 g/mol. The smallest absolute Gasteiger partial charge is 0.149 e. The van der Waals surface area contributed by atoms with Gasteiger partial charge in [0, 0.05) is 6.07 Å². The molecule has 1 aromatic rings. The molecule has 1 atom stereocenters. The maximum absolute atomic E-state index is 12.7. The molecule has 1 aromatic heterocycles. The zero-order valence-electron chi connectivity index (χ0n) is 6.10. The van der Waals surface area contributed by atoms with Crippen LogP contribution in [0.1, 0.15) is 11.7 Å². The van der Waals surface area contributed by atoms with Crippen molar-refractivity contribution in [3.8, 4) is 0 Å². The summed E-state index contributed by atoms with van der Waals surface area (Å²) in [6.07, 6.45) is 0.800. The van der Waals surface area contributed by atoms with Crippen molar-refractivity contribution in [1.82, 2.24) is 4.98 Å². The summed E-state index contributed by atoms with van der Waals surface area (Å²) in [6, 6.07) is -0.497. The van der Waals surface area contributed by atoms with Crippen molar-refractivity contribution in [2.75, 3.05) is 6.67 Å².